The number of halogens is 3. The predicted molar refractivity (Wildman–Crippen MR) is 56.5 cm³/mol. The summed E-state index contributed by atoms with van der Waals surface area (Å²) in [6.07, 6.45) is -2.48. The molecule has 0 N–H and O–H groups in total. The number of carbonyl (C=O) groups excluding carboxylic acids is 1. The number of piperidine rings is 1. The van der Waals surface area contributed by atoms with Crippen molar-refractivity contribution in [3.8, 4) is 0 Å². The highest BCUT2D eigenvalue weighted by Gasteiger charge is 2.41. The van der Waals surface area contributed by atoms with Crippen LogP contribution in [0.15, 0.2) is 0 Å². The molecule has 0 spiro atoms. The van der Waals surface area contributed by atoms with Gasteiger partial charge in [0.2, 0.25) is 0 Å². The summed E-state index contributed by atoms with van der Waals surface area (Å²) in [5.74, 6) is -1.52. The summed E-state index contributed by atoms with van der Waals surface area (Å²) in [5, 5.41) is 0. The van der Waals surface area contributed by atoms with E-state index >= 15 is 0 Å². The van der Waals surface area contributed by atoms with E-state index in [1.807, 2.05) is 0 Å². The van der Waals surface area contributed by atoms with E-state index in [0.717, 1.165) is 0 Å². The highest BCUT2D eigenvalue weighted by atomic mass is 19.4. The van der Waals surface area contributed by atoms with Gasteiger partial charge in [-0.15, -0.1) is 0 Å². The molecule has 0 amide bonds. The Morgan fingerprint density at radius 1 is 1.47 bits per heavy atom. The van der Waals surface area contributed by atoms with Crippen molar-refractivity contribution in [3.63, 3.8) is 0 Å². The van der Waals surface area contributed by atoms with E-state index in [2.05, 4.69) is 4.74 Å². The van der Waals surface area contributed by atoms with E-state index in [1.54, 1.807) is 4.90 Å². The van der Waals surface area contributed by atoms with Crippen molar-refractivity contribution < 1.29 is 22.7 Å². The van der Waals surface area contributed by atoms with Crippen LogP contribution in [-0.4, -0.2) is 43.8 Å². The SMILES string of the molecule is COC(=O)CCCN1CCCC(C(F)(F)F)C1. The van der Waals surface area contributed by atoms with Crippen LogP contribution in [0.1, 0.15) is 25.7 Å². The monoisotopic (exact) mass is 253 g/mol. The van der Waals surface area contributed by atoms with Gasteiger partial charge in [0.15, 0.2) is 0 Å². The lowest BCUT2D eigenvalue weighted by atomic mass is 9.97. The second kappa shape index (κ2) is 6.23. The molecule has 0 radical (unpaired) electrons. The van der Waals surface area contributed by atoms with Crippen LogP contribution in [0.3, 0.4) is 0 Å². The lowest BCUT2D eigenvalue weighted by Gasteiger charge is -2.33. The molecule has 100 valence electrons. The van der Waals surface area contributed by atoms with Crippen molar-refractivity contribution in [1.29, 1.82) is 0 Å². The Balaban J connectivity index is 2.28. The standard InChI is InChI=1S/C11H18F3NO2/c1-17-10(16)5-3-7-15-6-2-4-9(8-15)11(12,13)14/h9H,2-8H2,1H3. The van der Waals surface area contributed by atoms with Crippen molar-refractivity contribution in [1.82, 2.24) is 4.90 Å². The van der Waals surface area contributed by atoms with Crippen molar-refractivity contribution >= 4 is 5.97 Å². The molecule has 1 aliphatic rings. The summed E-state index contributed by atoms with van der Waals surface area (Å²) < 4.78 is 42.0. The summed E-state index contributed by atoms with van der Waals surface area (Å²) >= 11 is 0. The fourth-order valence-electron chi connectivity index (χ4n) is 2.07. The molecule has 0 bridgehead atoms. The molecule has 1 aliphatic heterocycles. The van der Waals surface area contributed by atoms with Crippen molar-refractivity contribution in [3.05, 3.63) is 0 Å². The number of alkyl halides is 3. The van der Waals surface area contributed by atoms with Gasteiger partial charge in [-0.05, 0) is 32.4 Å². The Bertz CT molecular complexity index is 256. The maximum atomic E-state index is 12.5. The molecule has 1 rings (SSSR count). The molecule has 0 aromatic rings. The van der Waals surface area contributed by atoms with Gasteiger partial charge in [0.25, 0.3) is 0 Å². The molecule has 3 nitrogen and oxygen atoms in total. The Hall–Kier alpha value is -0.780. The van der Waals surface area contributed by atoms with Gasteiger partial charge in [0, 0.05) is 13.0 Å². The van der Waals surface area contributed by atoms with E-state index in [0.29, 0.717) is 25.9 Å². The number of ether oxygens (including phenoxy) is 1. The molecule has 0 saturated carbocycles. The molecular weight excluding hydrogens is 235 g/mol. The van der Waals surface area contributed by atoms with Crippen LogP contribution in [0.25, 0.3) is 0 Å². The first kappa shape index (κ1) is 14.3. The van der Waals surface area contributed by atoms with Crippen LogP contribution >= 0.6 is 0 Å². The fourth-order valence-corrected chi connectivity index (χ4v) is 2.07. The van der Waals surface area contributed by atoms with Crippen molar-refractivity contribution in [2.45, 2.75) is 31.9 Å². The lowest BCUT2D eigenvalue weighted by molar-refractivity contribution is -0.186. The zero-order valence-electron chi connectivity index (χ0n) is 9.92. The van der Waals surface area contributed by atoms with Crippen LogP contribution in [-0.2, 0) is 9.53 Å². The Kier molecular flexibility index (Phi) is 5.24. The molecule has 1 fully saturated rings. The summed E-state index contributed by atoms with van der Waals surface area (Å²) in [5.41, 5.74) is 0. The number of hydrogen-bond donors (Lipinski definition) is 0. The molecule has 0 aliphatic carbocycles. The Morgan fingerprint density at radius 3 is 2.76 bits per heavy atom. The van der Waals surface area contributed by atoms with Gasteiger partial charge in [-0.3, -0.25) is 4.79 Å². The van der Waals surface area contributed by atoms with Gasteiger partial charge in [0.05, 0.1) is 13.0 Å². The van der Waals surface area contributed by atoms with E-state index in [-0.39, 0.29) is 25.4 Å². The molecule has 17 heavy (non-hydrogen) atoms. The van der Waals surface area contributed by atoms with Gasteiger partial charge in [-0.1, -0.05) is 0 Å². The van der Waals surface area contributed by atoms with Gasteiger partial charge >= 0.3 is 12.1 Å². The highest BCUT2D eigenvalue weighted by Crippen LogP contribution is 2.33. The number of hydrogen-bond acceptors (Lipinski definition) is 3. The lowest BCUT2D eigenvalue weighted by Crippen LogP contribution is -2.42. The first-order valence-electron chi connectivity index (χ1n) is 5.79. The first-order chi connectivity index (χ1) is 7.93. The third kappa shape index (κ3) is 4.93. The molecule has 1 saturated heterocycles. The van der Waals surface area contributed by atoms with Crippen molar-refractivity contribution in [2.75, 3.05) is 26.7 Å². The molecule has 6 heteroatoms. The summed E-state index contributed by atoms with van der Waals surface area (Å²) in [4.78, 5) is 12.6. The number of nitrogens with zero attached hydrogens (tertiary/aromatic N) is 1. The third-order valence-electron chi connectivity index (χ3n) is 3.05. The van der Waals surface area contributed by atoms with Gasteiger partial charge in [-0.2, -0.15) is 13.2 Å². The van der Waals surface area contributed by atoms with Crippen LogP contribution in [0.2, 0.25) is 0 Å². The Morgan fingerprint density at radius 2 is 2.18 bits per heavy atom. The molecular formula is C11H18F3NO2. The molecule has 0 aromatic carbocycles. The minimum atomic E-state index is -4.10. The zero-order chi connectivity index (χ0) is 12.9. The van der Waals surface area contributed by atoms with Gasteiger partial charge < -0.3 is 9.64 Å². The second-order valence-electron chi connectivity index (χ2n) is 4.36. The van der Waals surface area contributed by atoms with E-state index < -0.39 is 12.1 Å². The maximum absolute atomic E-state index is 12.5. The van der Waals surface area contributed by atoms with E-state index in [1.165, 1.54) is 7.11 Å². The van der Waals surface area contributed by atoms with Gasteiger partial charge in [-0.25, -0.2) is 0 Å². The van der Waals surface area contributed by atoms with Crippen LogP contribution in [0.4, 0.5) is 13.2 Å². The third-order valence-corrected chi connectivity index (χ3v) is 3.05. The minimum Gasteiger partial charge on any atom is -0.469 e. The second-order valence-corrected chi connectivity index (χ2v) is 4.36. The number of esters is 1. The fraction of sp³-hybridized carbons (Fsp3) is 0.909. The molecule has 1 atom stereocenters. The zero-order valence-corrected chi connectivity index (χ0v) is 9.92. The molecule has 0 aromatic heterocycles. The Labute approximate surface area is 98.9 Å². The topological polar surface area (TPSA) is 29.5 Å². The van der Waals surface area contributed by atoms with Crippen LogP contribution < -0.4 is 0 Å². The first-order valence-corrected chi connectivity index (χ1v) is 5.79. The molecule has 1 heterocycles. The average molecular weight is 253 g/mol. The average Bonchev–Trinajstić information content (AvgIpc) is 2.28. The highest BCUT2D eigenvalue weighted by molar-refractivity contribution is 5.69. The smallest absolute Gasteiger partial charge is 0.393 e. The van der Waals surface area contributed by atoms with E-state index in [4.69, 9.17) is 0 Å². The summed E-state index contributed by atoms with van der Waals surface area (Å²) in [7, 11) is 1.31. The minimum absolute atomic E-state index is 0.0602. The quantitative estimate of drug-likeness (QED) is 0.719. The van der Waals surface area contributed by atoms with Crippen molar-refractivity contribution in [2.24, 2.45) is 5.92 Å². The number of carbonyl (C=O) groups is 1. The number of likely N-dealkylation sites (tertiary alicyclic amines) is 1. The predicted octanol–water partition coefficient (Wildman–Crippen LogP) is 2.21. The largest absolute Gasteiger partial charge is 0.469 e. The van der Waals surface area contributed by atoms with E-state index in [9.17, 15) is 18.0 Å². The maximum Gasteiger partial charge on any atom is 0.393 e. The van der Waals surface area contributed by atoms with Gasteiger partial charge in [0.1, 0.15) is 0 Å². The molecule has 1 unspecified atom stereocenters. The summed E-state index contributed by atoms with van der Waals surface area (Å²) in [6.45, 7) is 1.28. The van der Waals surface area contributed by atoms with Crippen LogP contribution in [0, 0.1) is 5.92 Å². The van der Waals surface area contributed by atoms with Crippen LogP contribution in [0.5, 0.6) is 0 Å². The normalized spacial score (nSPS) is 22.5. The number of rotatable bonds is 4. The summed E-state index contributed by atoms with van der Waals surface area (Å²) in [6, 6.07) is 0. The number of methoxy groups -OCH3 is 1.